The molecule has 0 aromatic heterocycles. The summed E-state index contributed by atoms with van der Waals surface area (Å²) in [4.78, 5) is 24.5. The summed E-state index contributed by atoms with van der Waals surface area (Å²) in [5.41, 5.74) is 0.0511. The number of carbonyl (C=O) groups is 2. The summed E-state index contributed by atoms with van der Waals surface area (Å²) in [6, 6.07) is 9.36. The van der Waals surface area contributed by atoms with E-state index >= 15 is 0 Å². The average molecular weight is 391 g/mol. The lowest BCUT2D eigenvalue weighted by molar-refractivity contribution is -0.0505. The summed E-state index contributed by atoms with van der Waals surface area (Å²) in [5.74, 6) is -1.78. The van der Waals surface area contributed by atoms with Gasteiger partial charge in [-0.25, -0.2) is 0 Å². The maximum Gasteiger partial charge on any atom is 0.387 e. The van der Waals surface area contributed by atoms with Gasteiger partial charge in [0, 0.05) is 11.1 Å². The Hall–Kier alpha value is -2.61. The third kappa shape index (κ3) is 5.19. The number of hydrogen-bond donors (Lipinski definition) is 0. The molecule has 2 aromatic rings. The first kappa shape index (κ1) is 19.7. The summed E-state index contributed by atoms with van der Waals surface area (Å²) >= 11 is 5.90. The molecule has 0 N–H and O–H groups in total. The van der Waals surface area contributed by atoms with Crippen LogP contribution in [0.2, 0.25) is 0 Å². The van der Waals surface area contributed by atoms with Gasteiger partial charge in [-0.05, 0) is 48.5 Å². The van der Waals surface area contributed by atoms with Gasteiger partial charge in [0.05, 0.1) is 0 Å². The van der Waals surface area contributed by atoms with Gasteiger partial charge in [0.15, 0.2) is 16.9 Å². The molecule has 0 heterocycles. The SMILES string of the molecule is O=C(c1ccc(OC(F)F)cc1)C(Cl)C(=O)c1ccc(OC(F)F)cc1. The van der Waals surface area contributed by atoms with Crippen molar-refractivity contribution in [1.82, 2.24) is 0 Å². The molecule has 0 amide bonds. The van der Waals surface area contributed by atoms with E-state index in [9.17, 15) is 27.2 Å². The molecule has 0 saturated heterocycles. The zero-order valence-corrected chi connectivity index (χ0v) is 13.6. The standard InChI is InChI=1S/C17H11ClF4O4/c18-13(14(23)9-1-5-11(6-2-9)25-16(19)20)15(24)10-3-7-12(8-4-10)26-17(21)22/h1-8,13,16-17H. The number of ether oxygens (including phenoxy) is 2. The van der Waals surface area contributed by atoms with Crippen LogP contribution >= 0.6 is 11.6 Å². The van der Waals surface area contributed by atoms with E-state index in [2.05, 4.69) is 9.47 Å². The van der Waals surface area contributed by atoms with Crippen LogP contribution in [-0.2, 0) is 0 Å². The minimum Gasteiger partial charge on any atom is -0.435 e. The highest BCUT2D eigenvalue weighted by Gasteiger charge is 2.26. The zero-order chi connectivity index (χ0) is 19.3. The van der Waals surface area contributed by atoms with E-state index in [-0.39, 0.29) is 22.6 Å². The van der Waals surface area contributed by atoms with Crippen LogP contribution in [0.25, 0.3) is 0 Å². The Bertz CT molecular complexity index is 698. The highest BCUT2D eigenvalue weighted by molar-refractivity contribution is 6.46. The van der Waals surface area contributed by atoms with Gasteiger partial charge in [-0.15, -0.1) is 11.6 Å². The molecule has 26 heavy (non-hydrogen) atoms. The molecule has 0 spiro atoms. The molecule has 9 heteroatoms. The van der Waals surface area contributed by atoms with E-state index in [0.29, 0.717) is 0 Å². The Morgan fingerprint density at radius 3 is 1.27 bits per heavy atom. The highest BCUT2D eigenvalue weighted by Crippen LogP contribution is 2.21. The second kappa shape index (κ2) is 8.66. The average Bonchev–Trinajstić information content (AvgIpc) is 2.60. The molecular weight excluding hydrogens is 380 g/mol. The Labute approximate surface area is 150 Å². The minimum absolute atomic E-state index is 0.0256. The molecule has 0 aliphatic heterocycles. The molecule has 0 aliphatic carbocycles. The number of carbonyl (C=O) groups excluding carboxylic acids is 2. The van der Waals surface area contributed by atoms with Gasteiger partial charge in [-0.2, -0.15) is 17.6 Å². The van der Waals surface area contributed by atoms with Crippen molar-refractivity contribution in [2.24, 2.45) is 0 Å². The summed E-state index contributed by atoms with van der Waals surface area (Å²) in [5, 5.41) is -1.57. The van der Waals surface area contributed by atoms with Crippen LogP contribution < -0.4 is 9.47 Å². The third-order valence-corrected chi connectivity index (χ3v) is 3.58. The fourth-order valence-corrected chi connectivity index (χ4v) is 2.26. The van der Waals surface area contributed by atoms with E-state index in [1.807, 2.05) is 0 Å². The van der Waals surface area contributed by atoms with Gasteiger partial charge >= 0.3 is 13.2 Å². The van der Waals surface area contributed by atoms with Crippen molar-refractivity contribution in [1.29, 1.82) is 0 Å². The Kier molecular flexibility index (Phi) is 6.57. The minimum atomic E-state index is -3.00. The van der Waals surface area contributed by atoms with Crippen LogP contribution in [0, 0.1) is 0 Å². The lowest BCUT2D eigenvalue weighted by atomic mass is 10.0. The molecule has 0 aliphatic rings. The summed E-state index contributed by atoms with van der Waals surface area (Å²) < 4.78 is 56.7. The molecule has 0 radical (unpaired) electrons. The number of ketones is 2. The molecule has 0 unspecified atom stereocenters. The molecule has 0 fully saturated rings. The van der Waals surface area contributed by atoms with Crippen molar-refractivity contribution < 1.29 is 36.6 Å². The summed E-state index contributed by atoms with van der Waals surface area (Å²) in [6.45, 7) is -6.01. The second-order valence-electron chi connectivity index (χ2n) is 4.90. The van der Waals surface area contributed by atoms with Gasteiger partial charge in [0.25, 0.3) is 0 Å². The van der Waals surface area contributed by atoms with Crippen molar-refractivity contribution in [3.63, 3.8) is 0 Å². The van der Waals surface area contributed by atoms with E-state index in [4.69, 9.17) is 11.6 Å². The topological polar surface area (TPSA) is 52.6 Å². The number of halogens is 5. The molecule has 138 valence electrons. The van der Waals surface area contributed by atoms with Crippen molar-refractivity contribution in [2.45, 2.75) is 18.6 Å². The summed E-state index contributed by atoms with van der Waals surface area (Å²) in [7, 11) is 0. The number of Topliss-reactive ketones (excluding diaryl/α,β-unsaturated/α-hetero) is 2. The van der Waals surface area contributed by atoms with Gasteiger partial charge in [-0.3, -0.25) is 9.59 Å². The van der Waals surface area contributed by atoms with E-state index in [1.54, 1.807) is 0 Å². The fourth-order valence-electron chi connectivity index (χ4n) is 2.01. The van der Waals surface area contributed by atoms with Gasteiger partial charge < -0.3 is 9.47 Å². The Balaban J connectivity index is 2.08. The molecule has 0 atom stereocenters. The normalized spacial score (nSPS) is 11.1. The number of alkyl halides is 5. The maximum atomic E-state index is 12.2. The quantitative estimate of drug-likeness (QED) is 0.287. The number of rotatable bonds is 8. The van der Waals surface area contributed by atoms with E-state index in [1.165, 1.54) is 24.3 Å². The Morgan fingerprint density at radius 2 is 1.00 bits per heavy atom. The second-order valence-corrected chi connectivity index (χ2v) is 5.33. The fraction of sp³-hybridized carbons (Fsp3) is 0.176. The molecular formula is C17H11ClF4O4. The predicted molar refractivity (Wildman–Crippen MR) is 84.5 cm³/mol. The Morgan fingerprint density at radius 1 is 0.692 bits per heavy atom. The third-order valence-electron chi connectivity index (χ3n) is 3.19. The predicted octanol–water partition coefficient (Wildman–Crippen LogP) is 4.56. The largest absolute Gasteiger partial charge is 0.435 e. The maximum absolute atomic E-state index is 12.2. The van der Waals surface area contributed by atoms with Gasteiger partial charge in [-0.1, -0.05) is 0 Å². The molecule has 0 bridgehead atoms. The van der Waals surface area contributed by atoms with Crippen molar-refractivity contribution >= 4 is 23.2 Å². The highest BCUT2D eigenvalue weighted by atomic mass is 35.5. The lowest BCUT2D eigenvalue weighted by Gasteiger charge is -2.10. The van der Waals surface area contributed by atoms with Crippen molar-refractivity contribution in [3.05, 3.63) is 59.7 Å². The molecule has 0 saturated carbocycles. The van der Waals surface area contributed by atoms with Crippen LogP contribution in [0.3, 0.4) is 0 Å². The van der Waals surface area contributed by atoms with E-state index in [0.717, 1.165) is 24.3 Å². The first-order valence-electron chi connectivity index (χ1n) is 7.10. The molecule has 2 aromatic carbocycles. The van der Waals surface area contributed by atoms with E-state index < -0.39 is 30.2 Å². The lowest BCUT2D eigenvalue weighted by Crippen LogP contribution is -2.25. The number of hydrogen-bond acceptors (Lipinski definition) is 4. The van der Waals surface area contributed by atoms with Crippen LogP contribution in [0.1, 0.15) is 20.7 Å². The smallest absolute Gasteiger partial charge is 0.387 e. The van der Waals surface area contributed by atoms with Crippen LogP contribution in [0.4, 0.5) is 17.6 Å². The van der Waals surface area contributed by atoms with Crippen LogP contribution in [-0.4, -0.2) is 30.2 Å². The number of benzene rings is 2. The monoisotopic (exact) mass is 390 g/mol. The van der Waals surface area contributed by atoms with Crippen LogP contribution in [0.5, 0.6) is 11.5 Å². The first-order chi connectivity index (χ1) is 12.3. The van der Waals surface area contributed by atoms with Crippen molar-refractivity contribution in [2.75, 3.05) is 0 Å². The molecule has 2 rings (SSSR count). The summed E-state index contributed by atoms with van der Waals surface area (Å²) in [6.07, 6.45) is 0. The van der Waals surface area contributed by atoms with Gasteiger partial charge in [0.1, 0.15) is 11.5 Å². The zero-order valence-electron chi connectivity index (χ0n) is 12.9. The molecule has 4 nitrogen and oxygen atoms in total. The van der Waals surface area contributed by atoms with Gasteiger partial charge in [0.2, 0.25) is 0 Å². The van der Waals surface area contributed by atoms with Crippen molar-refractivity contribution in [3.8, 4) is 11.5 Å². The van der Waals surface area contributed by atoms with Crippen LogP contribution in [0.15, 0.2) is 48.5 Å². The first-order valence-corrected chi connectivity index (χ1v) is 7.54.